The van der Waals surface area contributed by atoms with E-state index >= 15 is 0 Å². The monoisotopic (exact) mass is 331 g/mol. The minimum Gasteiger partial charge on any atom is -0.389 e. The fraction of sp³-hybridized carbons (Fsp3) is 0.444. The number of aryl methyl sites for hydroxylation is 1. The standard InChI is InChI=1S/C18H22FN3O2/c1-22-12-20-16(13-5-7-14(19)8-6-13)17(22)21-15(23)11-18(24)9-3-2-4-10-18/h5-8,12,24H,2-4,9-11H2,1H3,(H,21,23). The zero-order valence-corrected chi connectivity index (χ0v) is 13.8. The van der Waals surface area contributed by atoms with E-state index in [1.807, 2.05) is 0 Å². The molecule has 24 heavy (non-hydrogen) atoms. The van der Waals surface area contributed by atoms with E-state index in [1.54, 1.807) is 30.1 Å². The van der Waals surface area contributed by atoms with E-state index < -0.39 is 5.60 Å². The van der Waals surface area contributed by atoms with Crippen molar-refractivity contribution in [2.75, 3.05) is 5.32 Å². The molecule has 0 unspecified atom stereocenters. The Bertz CT molecular complexity index is 718. The number of benzene rings is 1. The summed E-state index contributed by atoms with van der Waals surface area (Å²) in [5.41, 5.74) is 0.405. The molecule has 0 atom stereocenters. The first kappa shape index (κ1) is 16.6. The van der Waals surface area contributed by atoms with Crippen LogP contribution in [-0.2, 0) is 11.8 Å². The van der Waals surface area contributed by atoms with Gasteiger partial charge in [0.15, 0.2) is 0 Å². The van der Waals surface area contributed by atoms with Crippen molar-refractivity contribution in [3.8, 4) is 11.3 Å². The van der Waals surface area contributed by atoms with Gasteiger partial charge >= 0.3 is 0 Å². The second-order valence-corrected chi connectivity index (χ2v) is 6.57. The van der Waals surface area contributed by atoms with Gasteiger partial charge in [-0.3, -0.25) is 4.79 Å². The summed E-state index contributed by atoms with van der Waals surface area (Å²) in [4.78, 5) is 16.7. The molecular formula is C18H22FN3O2. The van der Waals surface area contributed by atoms with Gasteiger partial charge in [-0.15, -0.1) is 0 Å². The highest BCUT2D eigenvalue weighted by Crippen LogP contribution is 2.32. The van der Waals surface area contributed by atoms with Crippen molar-refractivity contribution >= 4 is 11.7 Å². The molecule has 128 valence electrons. The maximum absolute atomic E-state index is 13.1. The Hall–Kier alpha value is -2.21. The molecule has 0 bridgehead atoms. The molecular weight excluding hydrogens is 309 g/mol. The summed E-state index contributed by atoms with van der Waals surface area (Å²) in [6, 6.07) is 5.98. The molecule has 2 aromatic rings. The van der Waals surface area contributed by atoms with Gasteiger partial charge in [0.1, 0.15) is 17.3 Å². The van der Waals surface area contributed by atoms with Crippen LogP contribution in [0.25, 0.3) is 11.3 Å². The number of nitrogens with zero attached hydrogens (tertiary/aromatic N) is 2. The van der Waals surface area contributed by atoms with Crippen LogP contribution in [0.4, 0.5) is 10.2 Å². The van der Waals surface area contributed by atoms with Gasteiger partial charge in [0.05, 0.1) is 18.3 Å². The number of anilines is 1. The molecule has 6 heteroatoms. The van der Waals surface area contributed by atoms with Gasteiger partial charge in [-0.25, -0.2) is 9.37 Å². The van der Waals surface area contributed by atoms with Gasteiger partial charge in [-0.1, -0.05) is 19.3 Å². The first-order chi connectivity index (χ1) is 11.5. The second-order valence-electron chi connectivity index (χ2n) is 6.57. The second kappa shape index (κ2) is 6.73. The van der Waals surface area contributed by atoms with Crippen LogP contribution < -0.4 is 5.32 Å². The van der Waals surface area contributed by atoms with Gasteiger partial charge in [0, 0.05) is 12.6 Å². The number of imidazole rings is 1. The lowest BCUT2D eigenvalue weighted by Crippen LogP contribution is -2.36. The molecule has 1 saturated carbocycles. The Kier molecular flexibility index (Phi) is 4.66. The molecule has 0 aliphatic heterocycles. The first-order valence-corrected chi connectivity index (χ1v) is 8.26. The van der Waals surface area contributed by atoms with E-state index in [4.69, 9.17) is 0 Å². The van der Waals surface area contributed by atoms with Crippen LogP contribution in [0.3, 0.4) is 0 Å². The van der Waals surface area contributed by atoms with Crippen molar-refractivity contribution in [3.63, 3.8) is 0 Å². The number of carbonyl (C=O) groups excluding carboxylic acids is 1. The van der Waals surface area contributed by atoms with Gasteiger partial charge in [0.25, 0.3) is 0 Å². The van der Waals surface area contributed by atoms with Crippen LogP contribution in [0.5, 0.6) is 0 Å². The highest BCUT2D eigenvalue weighted by atomic mass is 19.1. The van der Waals surface area contributed by atoms with Crippen molar-refractivity contribution in [1.29, 1.82) is 0 Å². The molecule has 2 N–H and O–H groups in total. The van der Waals surface area contributed by atoms with Crippen molar-refractivity contribution in [3.05, 3.63) is 36.4 Å². The molecule has 1 amide bonds. The number of aliphatic hydroxyl groups is 1. The van der Waals surface area contributed by atoms with E-state index in [0.29, 0.717) is 24.4 Å². The summed E-state index contributed by atoms with van der Waals surface area (Å²) < 4.78 is 14.8. The Balaban J connectivity index is 1.76. The molecule has 0 saturated heterocycles. The summed E-state index contributed by atoms with van der Waals surface area (Å²) in [6.07, 6.45) is 6.03. The van der Waals surface area contributed by atoms with Crippen molar-refractivity contribution < 1.29 is 14.3 Å². The number of hydrogen-bond donors (Lipinski definition) is 2. The van der Waals surface area contributed by atoms with Crippen LogP contribution >= 0.6 is 0 Å². The van der Waals surface area contributed by atoms with Gasteiger partial charge < -0.3 is 15.0 Å². The van der Waals surface area contributed by atoms with Crippen LogP contribution in [0.1, 0.15) is 38.5 Å². The minimum atomic E-state index is -0.906. The molecule has 1 fully saturated rings. The van der Waals surface area contributed by atoms with Crippen LogP contribution in [0.15, 0.2) is 30.6 Å². The first-order valence-electron chi connectivity index (χ1n) is 8.26. The van der Waals surface area contributed by atoms with Crippen LogP contribution in [-0.4, -0.2) is 26.2 Å². The molecule has 0 radical (unpaired) electrons. The average molecular weight is 331 g/mol. The molecule has 1 aliphatic rings. The quantitative estimate of drug-likeness (QED) is 0.904. The van der Waals surface area contributed by atoms with E-state index in [0.717, 1.165) is 24.8 Å². The smallest absolute Gasteiger partial charge is 0.228 e. The summed E-state index contributed by atoms with van der Waals surface area (Å²) >= 11 is 0. The SMILES string of the molecule is Cn1cnc(-c2ccc(F)cc2)c1NC(=O)CC1(O)CCCCC1. The number of rotatable bonds is 4. The third kappa shape index (κ3) is 3.64. The highest BCUT2D eigenvalue weighted by Gasteiger charge is 2.32. The fourth-order valence-electron chi connectivity index (χ4n) is 3.26. The number of hydrogen-bond acceptors (Lipinski definition) is 3. The number of carbonyl (C=O) groups is 1. The lowest BCUT2D eigenvalue weighted by atomic mass is 9.82. The lowest BCUT2D eigenvalue weighted by Gasteiger charge is -2.31. The number of amides is 1. The normalized spacial score (nSPS) is 16.8. The van der Waals surface area contributed by atoms with Gasteiger partial charge in [-0.2, -0.15) is 0 Å². The van der Waals surface area contributed by atoms with E-state index in [9.17, 15) is 14.3 Å². The van der Waals surface area contributed by atoms with Crippen molar-refractivity contribution in [1.82, 2.24) is 9.55 Å². The Morgan fingerprint density at radius 3 is 2.62 bits per heavy atom. The van der Waals surface area contributed by atoms with Crippen molar-refractivity contribution in [2.45, 2.75) is 44.1 Å². The van der Waals surface area contributed by atoms with Gasteiger partial charge in [0.2, 0.25) is 5.91 Å². The molecule has 1 aromatic carbocycles. The molecule has 3 rings (SSSR count). The third-order valence-corrected chi connectivity index (χ3v) is 4.59. The number of halogens is 1. The zero-order valence-electron chi connectivity index (χ0n) is 13.8. The Morgan fingerprint density at radius 2 is 1.96 bits per heavy atom. The minimum absolute atomic E-state index is 0.0844. The fourth-order valence-corrected chi connectivity index (χ4v) is 3.26. The number of aromatic nitrogens is 2. The molecule has 1 aliphatic carbocycles. The summed E-state index contributed by atoms with van der Waals surface area (Å²) in [5, 5.41) is 13.4. The summed E-state index contributed by atoms with van der Waals surface area (Å²) in [7, 11) is 1.78. The Morgan fingerprint density at radius 1 is 1.29 bits per heavy atom. The topological polar surface area (TPSA) is 67.2 Å². The summed E-state index contributed by atoms with van der Waals surface area (Å²) in [6.45, 7) is 0. The predicted molar refractivity (Wildman–Crippen MR) is 89.9 cm³/mol. The van der Waals surface area contributed by atoms with Crippen molar-refractivity contribution in [2.24, 2.45) is 7.05 Å². The van der Waals surface area contributed by atoms with Gasteiger partial charge in [-0.05, 0) is 37.1 Å². The Labute approximate surface area is 140 Å². The molecule has 5 nitrogen and oxygen atoms in total. The third-order valence-electron chi connectivity index (χ3n) is 4.59. The van der Waals surface area contributed by atoms with E-state index in [-0.39, 0.29) is 18.1 Å². The number of nitrogens with one attached hydrogen (secondary N) is 1. The lowest BCUT2D eigenvalue weighted by molar-refractivity contribution is -0.122. The predicted octanol–water partition coefficient (Wildman–Crippen LogP) is 3.25. The van der Waals surface area contributed by atoms with Crippen LogP contribution in [0.2, 0.25) is 0 Å². The maximum Gasteiger partial charge on any atom is 0.228 e. The van der Waals surface area contributed by atoms with E-state index in [1.165, 1.54) is 12.1 Å². The molecule has 1 heterocycles. The highest BCUT2D eigenvalue weighted by molar-refractivity contribution is 5.94. The van der Waals surface area contributed by atoms with E-state index in [2.05, 4.69) is 10.3 Å². The van der Waals surface area contributed by atoms with Crippen LogP contribution in [0, 0.1) is 5.82 Å². The average Bonchev–Trinajstić information content (AvgIpc) is 2.89. The zero-order chi connectivity index (χ0) is 17.2. The largest absolute Gasteiger partial charge is 0.389 e. The molecule has 1 aromatic heterocycles. The summed E-state index contributed by atoms with van der Waals surface area (Å²) in [5.74, 6) is -0.00262. The maximum atomic E-state index is 13.1. The molecule has 0 spiro atoms.